The topological polar surface area (TPSA) is 249 Å². The maximum absolute atomic E-state index is 11.6. The maximum atomic E-state index is 11.6. The van der Waals surface area contributed by atoms with Gasteiger partial charge in [-0.25, -0.2) is 0 Å². The largest absolute Gasteiger partial charge is 0.457 e. The third kappa shape index (κ3) is 31.0. The van der Waals surface area contributed by atoms with Crippen LogP contribution in [0.15, 0.2) is 0 Å². The fraction of sp³-hybridized carbons (Fsp3) is 0.950. The summed E-state index contributed by atoms with van der Waals surface area (Å²) < 4.78 is 4.96. The van der Waals surface area contributed by atoms with Crippen LogP contribution in [0.5, 0.6) is 0 Å². The Morgan fingerprint density at radius 3 is 1.15 bits per heavy atom. The van der Waals surface area contributed by atoms with E-state index in [0.29, 0.717) is 0 Å². The first kappa shape index (κ1) is 39.3. The normalized spacial score (nSPS) is 11.3. The van der Waals surface area contributed by atoms with Crippen molar-refractivity contribution in [1.82, 2.24) is 0 Å². The van der Waals surface area contributed by atoms with Crippen molar-refractivity contribution in [3.8, 4) is 0 Å². The monoisotopic (exact) mass is 494 g/mol. The Hall–Kier alpha value is -0.970. The van der Waals surface area contributed by atoms with Crippen LogP contribution < -0.4 is 0 Å². The van der Waals surface area contributed by atoms with Gasteiger partial charge in [0.25, 0.3) is 0 Å². The Bertz CT molecular complexity index is 334. The number of esters is 1. The molecule has 0 aliphatic rings. The molecule has 11 N–H and O–H groups in total. The van der Waals surface area contributed by atoms with Crippen molar-refractivity contribution >= 4 is 5.97 Å². The zero-order valence-corrected chi connectivity index (χ0v) is 19.6. The zero-order valence-electron chi connectivity index (χ0n) is 19.6. The second-order valence-corrected chi connectivity index (χ2v) is 6.73. The second-order valence-electron chi connectivity index (χ2n) is 6.73. The van der Waals surface area contributed by atoms with E-state index >= 15 is 0 Å². The summed E-state index contributed by atoms with van der Waals surface area (Å²) >= 11 is 0. The number of unbranched alkanes of at least 4 members (excludes halogenated alkanes) is 1. The number of rotatable bonds is 14. The van der Waals surface area contributed by atoms with E-state index in [0.717, 1.165) is 25.7 Å². The van der Waals surface area contributed by atoms with Gasteiger partial charge in [-0.3, -0.25) is 4.79 Å². The molecular weight excluding hydrogens is 448 g/mol. The summed E-state index contributed by atoms with van der Waals surface area (Å²) in [6.07, 6.45) is -0.0326. The van der Waals surface area contributed by atoms with Crippen molar-refractivity contribution in [1.29, 1.82) is 0 Å². The molecule has 204 valence electrons. The molecule has 1 unspecified atom stereocenters. The van der Waals surface area contributed by atoms with Crippen LogP contribution in [-0.4, -0.2) is 139 Å². The Morgan fingerprint density at radius 2 is 0.970 bits per heavy atom. The minimum Gasteiger partial charge on any atom is -0.457 e. The van der Waals surface area contributed by atoms with Gasteiger partial charge in [0.2, 0.25) is 0 Å². The van der Waals surface area contributed by atoms with Crippen LogP contribution in [0.1, 0.15) is 39.5 Å². The average molecular weight is 495 g/mol. The fourth-order valence-corrected chi connectivity index (χ4v) is 1.51. The average Bonchev–Trinajstić information content (AvgIpc) is 2.86. The number of hydrogen-bond acceptors (Lipinski definition) is 13. The summed E-state index contributed by atoms with van der Waals surface area (Å²) in [6.45, 7) is 1.17. The minimum atomic E-state index is -0.954. The van der Waals surface area contributed by atoms with Crippen LogP contribution >= 0.6 is 0 Å². The zero-order chi connectivity index (χ0) is 26.7. The van der Waals surface area contributed by atoms with Crippen molar-refractivity contribution in [3.63, 3.8) is 0 Å². The highest BCUT2D eigenvalue weighted by Gasteiger charge is 2.20. The Balaban J connectivity index is -0.000000193. The van der Waals surface area contributed by atoms with Crippen molar-refractivity contribution in [3.05, 3.63) is 0 Å². The molecule has 0 aliphatic carbocycles. The van der Waals surface area contributed by atoms with E-state index in [2.05, 4.69) is 6.92 Å². The van der Waals surface area contributed by atoms with Gasteiger partial charge in [-0.1, -0.05) is 26.7 Å². The Kier molecular flexibility index (Phi) is 36.9. The molecule has 0 fully saturated rings. The highest BCUT2D eigenvalue weighted by atomic mass is 16.6. The molecule has 0 aromatic heterocycles. The van der Waals surface area contributed by atoms with Crippen molar-refractivity contribution in [2.75, 3.05) is 52.9 Å². The summed E-state index contributed by atoms with van der Waals surface area (Å²) in [5, 5.41) is 89.6. The highest BCUT2D eigenvalue weighted by Crippen LogP contribution is 2.15. The number of ether oxygens (including phenoxy) is 1. The smallest absolute Gasteiger partial charge is 0.309 e. The molecule has 0 heterocycles. The molecule has 33 heavy (non-hydrogen) atoms. The predicted octanol–water partition coefficient (Wildman–Crippen LogP) is -3.91. The number of aliphatic hydroxyl groups is 11. The summed E-state index contributed by atoms with van der Waals surface area (Å²) in [6, 6.07) is 0. The van der Waals surface area contributed by atoms with E-state index in [-0.39, 0.29) is 64.7 Å². The Morgan fingerprint density at radius 1 is 0.636 bits per heavy atom. The van der Waals surface area contributed by atoms with Gasteiger partial charge < -0.3 is 60.9 Å². The molecule has 0 amide bonds. The number of aliphatic hydroxyl groups excluding tert-OH is 11. The Labute approximate surface area is 195 Å². The molecule has 0 saturated heterocycles. The molecule has 0 bridgehead atoms. The van der Waals surface area contributed by atoms with Gasteiger partial charge in [0, 0.05) is 0 Å². The first-order valence-electron chi connectivity index (χ1n) is 10.7. The summed E-state index contributed by atoms with van der Waals surface area (Å²) in [5.41, 5.74) is 0. The van der Waals surface area contributed by atoms with Gasteiger partial charge in [0.15, 0.2) is 0 Å². The van der Waals surface area contributed by atoms with Crippen LogP contribution in [0.4, 0.5) is 0 Å². The summed E-state index contributed by atoms with van der Waals surface area (Å²) in [4.78, 5) is 11.6. The molecule has 0 aromatic carbocycles. The lowest BCUT2D eigenvalue weighted by molar-refractivity contribution is -0.158. The van der Waals surface area contributed by atoms with E-state index in [9.17, 15) is 4.79 Å². The molecule has 0 aromatic rings. The third-order valence-electron chi connectivity index (χ3n) is 3.69. The van der Waals surface area contributed by atoms with E-state index in [1.165, 1.54) is 0 Å². The van der Waals surface area contributed by atoms with E-state index in [1.807, 2.05) is 6.92 Å². The van der Waals surface area contributed by atoms with Crippen molar-refractivity contribution in [2.45, 2.75) is 63.9 Å². The first-order valence-corrected chi connectivity index (χ1v) is 10.7. The SMILES string of the molecule is CCCCC(CC)C(=O)OC(CO)CO.OCC(O)CO.OCC(O)CO.OCC(O)CO. The predicted molar refractivity (Wildman–Crippen MR) is 118 cm³/mol. The molecule has 13 heteroatoms. The number of hydrogen-bond donors (Lipinski definition) is 11. The third-order valence-corrected chi connectivity index (χ3v) is 3.69. The molecule has 0 radical (unpaired) electrons. The molecule has 0 spiro atoms. The highest BCUT2D eigenvalue weighted by molar-refractivity contribution is 5.72. The van der Waals surface area contributed by atoms with Gasteiger partial charge in [0.1, 0.15) is 24.4 Å². The standard InChI is InChI=1S/C11H22O4.3C3H8O3/c1-3-5-6-9(4-2)11(14)15-10(7-12)8-13;3*4-1-3(6)2-5/h9-10,12-13H,3-8H2,1-2H3;3*3-6H,1-2H2. The van der Waals surface area contributed by atoms with E-state index < -0.39 is 24.4 Å². The van der Waals surface area contributed by atoms with Gasteiger partial charge in [-0.15, -0.1) is 0 Å². The molecule has 0 aliphatic heterocycles. The lowest BCUT2D eigenvalue weighted by atomic mass is 10.00. The lowest BCUT2D eigenvalue weighted by Crippen LogP contribution is -2.29. The van der Waals surface area contributed by atoms with Crippen LogP contribution in [0.25, 0.3) is 0 Å². The van der Waals surface area contributed by atoms with Gasteiger partial charge in [-0.05, 0) is 12.8 Å². The lowest BCUT2D eigenvalue weighted by Gasteiger charge is -2.18. The van der Waals surface area contributed by atoms with Crippen molar-refractivity contribution < 1.29 is 65.7 Å². The fourth-order valence-electron chi connectivity index (χ4n) is 1.51. The number of carbonyl (C=O) groups is 1. The maximum Gasteiger partial charge on any atom is 0.309 e. The van der Waals surface area contributed by atoms with Crippen LogP contribution in [-0.2, 0) is 9.53 Å². The molecule has 13 nitrogen and oxygen atoms in total. The van der Waals surface area contributed by atoms with Gasteiger partial charge in [-0.2, -0.15) is 0 Å². The van der Waals surface area contributed by atoms with E-state index in [4.69, 9.17) is 60.9 Å². The minimum absolute atomic E-state index is 0.106. The second kappa shape index (κ2) is 31.0. The summed E-state index contributed by atoms with van der Waals surface area (Å²) in [7, 11) is 0. The van der Waals surface area contributed by atoms with Crippen LogP contribution in [0.3, 0.4) is 0 Å². The molecular formula is C20H46O13. The molecule has 0 rings (SSSR count). The molecule has 1 atom stereocenters. The van der Waals surface area contributed by atoms with Crippen LogP contribution in [0.2, 0.25) is 0 Å². The quantitative estimate of drug-likeness (QED) is 0.103. The molecule has 0 saturated carbocycles. The number of carbonyl (C=O) groups excluding carboxylic acids is 1. The van der Waals surface area contributed by atoms with Crippen LogP contribution in [0, 0.1) is 5.92 Å². The van der Waals surface area contributed by atoms with Gasteiger partial charge in [0.05, 0.1) is 58.8 Å². The van der Waals surface area contributed by atoms with E-state index in [1.54, 1.807) is 0 Å². The van der Waals surface area contributed by atoms with Gasteiger partial charge >= 0.3 is 5.97 Å². The van der Waals surface area contributed by atoms with Crippen molar-refractivity contribution in [2.24, 2.45) is 5.92 Å². The first-order chi connectivity index (χ1) is 15.6. The summed E-state index contributed by atoms with van der Waals surface area (Å²) in [5.74, 6) is -0.412.